The van der Waals surface area contributed by atoms with Crippen LogP contribution in [0.4, 0.5) is 13.2 Å². The molecule has 4 rings (SSSR count). The zero-order valence-electron chi connectivity index (χ0n) is 23.7. The van der Waals surface area contributed by atoms with Crippen molar-refractivity contribution in [2.24, 2.45) is 5.92 Å². The third kappa shape index (κ3) is 6.77. The number of fused-ring (bicyclic) bond motifs is 3. The quantitative estimate of drug-likeness (QED) is 0.303. The lowest BCUT2D eigenvalue weighted by Gasteiger charge is -2.33. The number of benzene rings is 2. The first-order chi connectivity index (χ1) is 19.2. The van der Waals surface area contributed by atoms with E-state index >= 15 is 0 Å². The van der Waals surface area contributed by atoms with Crippen LogP contribution in [0.2, 0.25) is 0 Å². The lowest BCUT2D eigenvalue weighted by molar-refractivity contribution is -0.141. The van der Waals surface area contributed by atoms with E-state index in [1.165, 1.54) is 0 Å². The van der Waals surface area contributed by atoms with Gasteiger partial charge in [0.1, 0.15) is 17.7 Å². The molecule has 1 saturated heterocycles. The summed E-state index contributed by atoms with van der Waals surface area (Å²) in [5, 5.41) is 5.66. The maximum Gasteiger partial charge on any atom is 0.405 e. The van der Waals surface area contributed by atoms with Crippen molar-refractivity contribution in [3.8, 4) is 11.1 Å². The fraction of sp³-hybridized carbons (Fsp3) is 0.562. The predicted octanol–water partition coefficient (Wildman–Crippen LogP) is 5.86. The minimum absolute atomic E-state index is 0.144. The molecule has 0 bridgehead atoms. The number of amides is 1. The number of hydrogen-bond acceptors (Lipinski definition) is 4. The van der Waals surface area contributed by atoms with Crippen molar-refractivity contribution in [3.63, 3.8) is 0 Å². The van der Waals surface area contributed by atoms with Crippen LogP contribution in [0.5, 0.6) is 0 Å². The van der Waals surface area contributed by atoms with E-state index in [0.717, 1.165) is 74.0 Å². The molecule has 1 aliphatic carbocycles. The summed E-state index contributed by atoms with van der Waals surface area (Å²) in [6.07, 6.45) is 1.28. The van der Waals surface area contributed by atoms with E-state index < -0.39 is 24.0 Å². The normalized spacial score (nSPS) is 17.1. The fourth-order valence-electron chi connectivity index (χ4n) is 6.50. The summed E-state index contributed by atoms with van der Waals surface area (Å²) < 4.78 is 39.2. The number of carbonyl (C=O) groups excluding carboxylic acids is 2. The van der Waals surface area contributed by atoms with Crippen molar-refractivity contribution in [2.75, 3.05) is 32.7 Å². The number of carbonyl (C=O) groups is 2. The molecule has 1 aliphatic heterocycles. The molecule has 8 heteroatoms. The number of unbranched alkanes of at least 4 members (excludes halogenated alkanes) is 1. The van der Waals surface area contributed by atoms with E-state index in [2.05, 4.69) is 29.4 Å². The van der Waals surface area contributed by atoms with Gasteiger partial charge in [0.15, 0.2) is 0 Å². The van der Waals surface area contributed by atoms with Gasteiger partial charge < -0.3 is 15.5 Å². The molecular weight excluding hydrogens is 515 g/mol. The summed E-state index contributed by atoms with van der Waals surface area (Å²) in [6.45, 7) is 5.99. The smallest absolute Gasteiger partial charge is 0.346 e. The third-order valence-corrected chi connectivity index (χ3v) is 8.77. The molecule has 2 aromatic rings. The highest BCUT2D eigenvalue weighted by Crippen LogP contribution is 2.51. The van der Waals surface area contributed by atoms with Crippen LogP contribution < -0.4 is 10.6 Å². The van der Waals surface area contributed by atoms with Crippen molar-refractivity contribution >= 4 is 11.7 Å². The van der Waals surface area contributed by atoms with Crippen LogP contribution in [-0.2, 0) is 15.0 Å². The number of Topliss-reactive ketones (excluding diaryl/α,β-unsaturated/α-hetero) is 1. The summed E-state index contributed by atoms with van der Waals surface area (Å²) >= 11 is 0. The topological polar surface area (TPSA) is 61.4 Å². The zero-order valence-corrected chi connectivity index (χ0v) is 23.7. The van der Waals surface area contributed by atoms with Crippen molar-refractivity contribution < 1.29 is 22.8 Å². The SMILES string of the molecule is CCC(CC)C(=O)CNC1CCN(CCCCC2(C(=O)NCC(F)(F)F)c3ccccc3-c3ccccc32)CC1. The maximum atomic E-state index is 13.6. The monoisotopic (exact) mass is 557 g/mol. The summed E-state index contributed by atoms with van der Waals surface area (Å²) in [5.41, 5.74) is 2.25. The first-order valence-corrected chi connectivity index (χ1v) is 14.7. The van der Waals surface area contributed by atoms with Crippen LogP contribution in [0.25, 0.3) is 11.1 Å². The molecule has 218 valence electrons. The average Bonchev–Trinajstić information content (AvgIpc) is 3.24. The second kappa shape index (κ2) is 13.3. The summed E-state index contributed by atoms with van der Waals surface area (Å²) in [7, 11) is 0. The molecule has 0 radical (unpaired) electrons. The minimum atomic E-state index is -4.48. The van der Waals surface area contributed by atoms with Gasteiger partial charge in [-0.2, -0.15) is 13.2 Å². The molecule has 2 aromatic carbocycles. The van der Waals surface area contributed by atoms with Gasteiger partial charge in [0, 0.05) is 12.0 Å². The Morgan fingerprint density at radius 3 is 2.08 bits per heavy atom. The molecular formula is C32H42F3N3O2. The van der Waals surface area contributed by atoms with Crippen LogP contribution in [-0.4, -0.2) is 61.5 Å². The second-order valence-corrected chi connectivity index (χ2v) is 11.2. The number of halogens is 3. The third-order valence-electron chi connectivity index (χ3n) is 8.77. The average molecular weight is 558 g/mol. The highest BCUT2D eigenvalue weighted by molar-refractivity contribution is 6.00. The standard InChI is InChI=1S/C32H42F3N3O2/c1-3-23(4-2)29(39)21-36-24-15-19-38(20-16-24)18-10-9-17-31(30(40)37-22-32(33,34)35)27-13-7-5-11-25(27)26-12-6-8-14-28(26)31/h5-8,11-14,23-24,36H,3-4,9-10,15-22H2,1-2H3,(H,37,40). The zero-order chi connectivity index (χ0) is 28.8. The number of hydrogen-bond donors (Lipinski definition) is 2. The van der Waals surface area contributed by atoms with E-state index in [4.69, 9.17) is 0 Å². The van der Waals surface area contributed by atoms with Gasteiger partial charge in [-0.1, -0.05) is 68.8 Å². The van der Waals surface area contributed by atoms with Crippen molar-refractivity contribution in [2.45, 2.75) is 76.4 Å². The molecule has 0 saturated carbocycles. The molecule has 0 unspecified atom stereocenters. The van der Waals surface area contributed by atoms with E-state index in [0.29, 0.717) is 31.2 Å². The molecule has 5 nitrogen and oxygen atoms in total. The largest absolute Gasteiger partial charge is 0.405 e. The minimum Gasteiger partial charge on any atom is -0.346 e. The number of rotatable bonds is 13. The molecule has 1 amide bonds. The Hall–Kier alpha value is -2.71. The Balaban J connectivity index is 1.36. The van der Waals surface area contributed by atoms with Crippen molar-refractivity contribution in [3.05, 3.63) is 59.7 Å². The molecule has 1 heterocycles. The Kier molecular flexibility index (Phi) is 10.1. The molecule has 2 N–H and O–H groups in total. The lowest BCUT2D eigenvalue weighted by Crippen LogP contribution is -2.47. The van der Waals surface area contributed by atoms with Crippen LogP contribution in [0.3, 0.4) is 0 Å². The lowest BCUT2D eigenvalue weighted by atomic mass is 9.73. The van der Waals surface area contributed by atoms with Gasteiger partial charge in [0.25, 0.3) is 0 Å². The van der Waals surface area contributed by atoms with Crippen LogP contribution in [0, 0.1) is 5.92 Å². The Morgan fingerprint density at radius 1 is 0.950 bits per heavy atom. The molecule has 0 atom stereocenters. The fourth-order valence-corrected chi connectivity index (χ4v) is 6.50. The number of alkyl halides is 3. The number of ketones is 1. The van der Waals surface area contributed by atoms with Gasteiger partial charge in [-0.25, -0.2) is 0 Å². The summed E-state index contributed by atoms with van der Waals surface area (Å²) in [6, 6.07) is 15.5. The van der Waals surface area contributed by atoms with E-state index in [9.17, 15) is 22.8 Å². The van der Waals surface area contributed by atoms with E-state index in [1.54, 1.807) is 0 Å². The maximum absolute atomic E-state index is 13.6. The van der Waals surface area contributed by atoms with Gasteiger partial charge >= 0.3 is 6.18 Å². The molecule has 0 aromatic heterocycles. The first kappa shape index (κ1) is 30.3. The highest BCUT2D eigenvalue weighted by Gasteiger charge is 2.49. The first-order valence-electron chi connectivity index (χ1n) is 14.7. The predicted molar refractivity (Wildman–Crippen MR) is 152 cm³/mol. The van der Waals surface area contributed by atoms with Crippen LogP contribution in [0.1, 0.15) is 69.9 Å². The summed E-state index contributed by atoms with van der Waals surface area (Å²) in [5.74, 6) is -0.141. The summed E-state index contributed by atoms with van der Waals surface area (Å²) in [4.78, 5) is 28.4. The van der Waals surface area contributed by atoms with Gasteiger partial charge in [-0.05, 0) is 80.4 Å². The number of nitrogens with one attached hydrogen (secondary N) is 2. The number of nitrogens with zero attached hydrogens (tertiary/aromatic N) is 1. The molecule has 0 spiro atoms. The van der Waals surface area contributed by atoms with Crippen molar-refractivity contribution in [1.29, 1.82) is 0 Å². The second-order valence-electron chi connectivity index (χ2n) is 11.2. The van der Waals surface area contributed by atoms with E-state index in [-0.39, 0.29) is 5.92 Å². The number of piperidine rings is 1. The van der Waals surface area contributed by atoms with Crippen molar-refractivity contribution in [1.82, 2.24) is 15.5 Å². The van der Waals surface area contributed by atoms with Gasteiger partial charge in [-0.15, -0.1) is 0 Å². The Bertz CT molecular complexity index is 1110. The van der Waals surface area contributed by atoms with Gasteiger partial charge in [0.05, 0.1) is 6.54 Å². The Morgan fingerprint density at radius 2 is 1.52 bits per heavy atom. The Labute approximate surface area is 235 Å². The molecule has 1 fully saturated rings. The van der Waals surface area contributed by atoms with Crippen LogP contribution >= 0.6 is 0 Å². The van der Waals surface area contributed by atoms with Gasteiger partial charge in [0.2, 0.25) is 5.91 Å². The number of likely N-dealkylation sites (tertiary alicyclic amines) is 1. The molecule has 40 heavy (non-hydrogen) atoms. The van der Waals surface area contributed by atoms with E-state index in [1.807, 2.05) is 48.5 Å². The highest BCUT2D eigenvalue weighted by atomic mass is 19.4. The van der Waals surface area contributed by atoms with Crippen LogP contribution in [0.15, 0.2) is 48.5 Å². The van der Waals surface area contributed by atoms with Gasteiger partial charge in [-0.3, -0.25) is 9.59 Å². The molecule has 2 aliphatic rings.